The number of ether oxygens (including phenoxy) is 2. The summed E-state index contributed by atoms with van der Waals surface area (Å²) in [6, 6.07) is 5.62. The highest BCUT2D eigenvalue weighted by Gasteiger charge is 2.19. The molecular weight excluding hydrogens is 402 g/mol. The standard InChI is InChI=1S/C22H23N3O4S/c26-19(23-11-13-6-7-15-16(10-13)29-12-28-15)9-8-18-24-21(27)20-14-4-2-1-3-5-17(14)30-22(20)25-18/h6-7,10H,1-5,8-9,11-12H2,(H,23,26)(H,24,25,27). The molecule has 2 aliphatic rings. The fourth-order valence-electron chi connectivity index (χ4n) is 4.08. The van der Waals surface area contributed by atoms with Gasteiger partial charge in [0.1, 0.15) is 10.7 Å². The third kappa shape index (κ3) is 3.79. The van der Waals surface area contributed by atoms with Gasteiger partial charge < -0.3 is 19.8 Å². The molecule has 1 amide bonds. The van der Waals surface area contributed by atoms with Gasteiger partial charge in [-0.1, -0.05) is 12.5 Å². The number of H-pyrrole nitrogens is 1. The highest BCUT2D eigenvalue weighted by Crippen LogP contribution is 2.33. The SMILES string of the molecule is O=C(CCc1nc2sc3c(c2c(=O)[nH]1)CCCCC3)NCc1ccc2c(c1)OCO2. The van der Waals surface area contributed by atoms with Gasteiger partial charge in [0, 0.05) is 24.3 Å². The molecule has 0 fully saturated rings. The van der Waals surface area contributed by atoms with Crippen LogP contribution in [0.15, 0.2) is 23.0 Å². The van der Waals surface area contributed by atoms with Crippen molar-refractivity contribution in [1.82, 2.24) is 15.3 Å². The fourth-order valence-corrected chi connectivity index (χ4v) is 5.36. The van der Waals surface area contributed by atoms with Crippen molar-refractivity contribution in [3.8, 4) is 11.5 Å². The van der Waals surface area contributed by atoms with Crippen molar-refractivity contribution >= 4 is 27.5 Å². The Bertz CT molecular complexity index is 1170. The normalized spacial score (nSPS) is 15.1. The summed E-state index contributed by atoms with van der Waals surface area (Å²) in [4.78, 5) is 34.6. The number of aromatic nitrogens is 2. The first-order valence-corrected chi connectivity index (χ1v) is 11.2. The zero-order valence-electron chi connectivity index (χ0n) is 16.6. The molecule has 156 valence electrons. The van der Waals surface area contributed by atoms with Crippen LogP contribution in [0.25, 0.3) is 10.2 Å². The monoisotopic (exact) mass is 425 g/mol. The van der Waals surface area contributed by atoms with Crippen LogP contribution in [0, 0.1) is 0 Å². The van der Waals surface area contributed by atoms with Gasteiger partial charge in [-0.05, 0) is 48.9 Å². The Labute approximate surface area is 177 Å². The molecule has 1 aromatic carbocycles. The van der Waals surface area contributed by atoms with Crippen LogP contribution in [-0.2, 0) is 30.6 Å². The van der Waals surface area contributed by atoms with Crippen LogP contribution in [0.3, 0.4) is 0 Å². The summed E-state index contributed by atoms with van der Waals surface area (Å²) in [6.45, 7) is 0.643. The highest BCUT2D eigenvalue weighted by atomic mass is 32.1. The van der Waals surface area contributed by atoms with Gasteiger partial charge in [-0.15, -0.1) is 11.3 Å². The quantitative estimate of drug-likeness (QED) is 0.612. The Morgan fingerprint density at radius 1 is 1.17 bits per heavy atom. The van der Waals surface area contributed by atoms with E-state index in [9.17, 15) is 9.59 Å². The molecule has 0 bridgehead atoms. The van der Waals surface area contributed by atoms with E-state index in [1.54, 1.807) is 11.3 Å². The molecule has 2 aromatic heterocycles. The van der Waals surface area contributed by atoms with Crippen molar-refractivity contribution < 1.29 is 14.3 Å². The Kier molecular flexibility index (Phi) is 5.16. The smallest absolute Gasteiger partial charge is 0.259 e. The van der Waals surface area contributed by atoms with Gasteiger partial charge in [0.15, 0.2) is 11.5 Å². The van der Waals surface area contributed by atoms with Crippen LogP contribution in [0.1, 0.15) is 47.5 Å². The number of hydrogen-bond acceptors (Lipinski definition) is 6. The second-order valence-electron chi connectivity index (χ2n) is 7.72. The van der Waals surface area contributed by atoms with E-state index in [4.69, 9.17) is 9.47 Å². The van der Waals surface area contributed by atoms with Gasteiger partial charge >= 0.3 is 0 Å². The zero-order valence-corrected chi connectivity index (χ0v) is 17.4. The molecule has 8 heteroatoms. The lowest BCUT2D eigenvalue weighted by molar-refractivity contribution is -0.121. The molecular formula is C22H23N3O4S. The first-order chi connectivity index (χ1) is 14.7. The van der Waals surface area contributed by atoms with Crippen molar-refractivity contribution in [1.29, 1.82) is 0 Å². The zero-order chi connectivity index (χ0) is 20.5. The van der Waals surface area contributed by atoms with Crippen LogP contribution in [-0.4, -0.2) is 22.7 Å². The van der Waals surface area contributed by atoms with Gasteiger partial charge in [0.05, 0.1) is 5.39 Å². The van der Waals surface area contributed by atoms with Gasteiger partial charge in [0.2, 0.25) is 12.7 Å². The van der Waals surface area contributed by atoms with Gasteiger partial charge in [-0.25, -0.2) is 4.98 Å². The minimum absolute atomic E-state index is 0.0739. The predicted molar refractivity (Wildman–Crippen MR) is 114 cm³/mol. The van der Waals surface area contributed by atoms with Crippen molar-refractivity contribution in [2.24, 2.45) is 0 Å². The lowest BCUT2D eigenvalue weighted by Crippen LogP contribution is -2.23. The van der Waals surface area contributed by atoms with Crippen LogP contribution in [0.4, 0.5) is 0 Å². The molecule has 0 saturated heterocycles. The third-order valence-electron chi connectivity index (χ3n) is 5.64. The number of hydrogen-bond donors (Lipinski definition) is 2. The molecule has 0 atom stereocenters. The lowest BCUT2D eigenvalue weighted by Gasteiger charge is -2.06. The summed E-state index contributed by atoms with van der Waals surface area (Å²) in [5, 5.41) is 3.66. The summed E-state index contributed by atoms with van der Waals surface area (Å²) in [6.07, 6.45) is 6.19. The van der Waals surface area contributed by atoms with Crippen LogP contribution < -0.4 is 20.3 Å². The summed E-state index contributed by atoms with van der Waals surface area (Å²) in [7, 11) is 0. The molecule has 0 unspecified atom stereocenters. The van der Waals surface area contributed by atoms with E-state index in [0.29, 0.717) is 24.5 Å². The topological polar surface area (TPSA) is 93.3 Å². The van der Waals surface area contributed by atoms with Gasteiger partial charge in [-0.3, -0.25) is 9.59 Å². The molecule has 7 nitrogen and oxygen atoms in total. The molecule has 5 rings (SSSR count). The van der Waals surface area contributed by atoms with Crippen molar-refractivity contribution in [3.63, 3.8) is 0 Å². The number of rotatable bonds is 5. The number of aromatic amines is 1. The number of carbonyl (C=O) groups is 1. The van der Waals surface area contributed by atoms with Crippen LogP contribution in [0.5, 0.6) is 11.5 Å². The Hall–Kier alpha value is -2.87. The number of fused-ring (bicyclic) bond motifs is 4. The van der Waals surface area contributed by atoms with E-state index in [-0.39, 0.29) is 24.7 Å². The highest BCUT2D eigenvalue weighted by molar-refractivity contribution is 7.18. The van der Waals surface area contributed by atoms with E-state index in [0.717, 1.165) is 40.8 Å². The molecule has 1 aliphatic carbocycles. The first kappa shape index (κ1) is 19.1. The van der Waals surface area contributed by atoms with E-state index >= 15 is 0 Å². The predicted octanol–water partition coefficient (Wildman–Crippen LogP) is 3.23. The molecule has 30 heavy (non-hydrogen) atoms. The Morgan fingerprint density at radius 2 is 2.03 bits per heavy atom. The number of aryl methyl sites for hydroxylation is 3. The molecule has 3 aromatic rings. The average Bonchev–Trinajstić information content (AvgIpc) is 3.28. The van der Waals surface area contributed by atoms with Crippen LogP contribution >= 0.6 is 11.3 Å². The average molecular weight is 426 g/mol. The number of nitrogens with one attached hydrogen (secondary N) is 2. The Morgan fingerprint density at radius 3 is 2.97 bits per heavy atom. The van der Waals surface area contributed by atoms with Crippen molar-refractivity contribution in [3.05, 3.63) is 50.4 Å². The summed E-state index contributed by atoms with van der Waals surface area (Å²) in [5.41, 5.74) is 2.06. The summed E-state index contributed by atoms with van der Waals surface area (Å²) >= 11 is 1.64. The summed E-state index contributed by atoms with van der Waals surface area (Å²) < 4.78 is 10.7. The Balaban J connectivity index is 1.22. The number of carbonyl (C=O) groups excluding carboxylic acids is 1. The minimum atomic E-state index is -0.0858. The number of benzene rings is 1. The number of nitrogens with zero attached hydrogens (tertiary/aromatic N) is 1. The minimum Gasteiger partial charge on any atom is -0.454 e. The number of amides is 1. The maximum atomic E-state index is 12.7. The maximum absolute atomic E-state index is 12.7. The molecule has 0 saturated carbocycles. The van der Waals surface area contributed by atoms with E-state index < -0.39 is 0 Å². The van der Waals surface area contributed by atoms with E-state index in [1.807, 2.05) is 18.2 Å². The second-order valence-corrected chi connectivity index (χ2v) is 8.81. The van der Waals surface area contributed by atoms with Gasteiger partial charge in [-0.2, -0.15) is 0 Å². The first-order valence-electron chi connectivity index (χ1n) is 10.4. The molecule has 2 N–H and O–H groups in total. The second kappa shape index (κ2) is 8.10. The maximum Gasteiger partial charge on any atom is 0.259 e. The lowest BCUT2D eigenvalue weighted by atomic mass is 10.1. The van der Waals surface area contributed by atoms with E-state index in [1.165, 1.54) is 23.3 Å². The van der Waals surface area contributed by atoms with E-state index in [2.05, 4.69) is 15.3 Å². The van der Waals surface area contributed by atoms with Gasteiger partial charge in [0.25, 0.3) is 5.56 Å². The summed E-state index contributed by atoms with van der Waals surface area (Å²) in [5.74, 6) is 1.91. The third-order valence-corrected chi connectivity index (χ3v) is 6.83. The number of thiophene rings is 1. The molecule has 1 aliphatic heterocycles. The molecule has 3 heterocycles. The fraction of sp³-hybridized carbons (Fsp3) is 0.409. The molecule has 0 radical (unpaired) electrons. The van der Waals surface area contributed by atoms with Crippen molar-refractivity contribution in [2.75, 3.05) is 6.79 Å². The van der Waals surface area contributed by atoms with Crippen molar-refractivity contribution in [2.45, 2.75) is 51.5 Å². The van der Waals surface area contributed by atoms with Crippen LogP contribution in [0.2, 0.25) is 0 Å². The largest absolute Gasteiger partial charge is 0.454 e. The molecule has 0 spiro atoms.